The molecule has 0 heterocycles. The van der Waals surface area contributed by atoms with Crippen molar-refractivity contribution in [3.8, 4) is 11.5 Å². The summed E-state index contributed by atoms with van der Waals surface area (Å²) in [7, 11) is 0. The summed E-state index contributed by atoms with van der Waals surface area (Å²) in [6.45, 7) is 10.1. The van der Waals surface area contributed by atoms with E-state index in [1.165, 1.54) is 0 Å². The lowest BCUT2D eigenvalue weighted by Gasteiger charge is -2.15. The highest BCUT2D eigenvalue weighted by atomic mass is 16.5. The molecule has 2 heteroatoms. The standard InChI is InChI=1S/C18H24O2/c1-13(2)11-19-17-9-10-18(20-12-14(3)4)16-8-6-5-7-15(16)17/h5-10,13-14H,11-12H2,1-4H3. The summed E-state index contributed by atoms with van der Waals surface area (Å²) in [4.78, 5) is 0. The van der Waals surface area contributed by atoms with Gasteiger partial charge in [0, 0.05) is 10.8 Å². The second-order valence-corrected chi connectivity index (χ2v) is 6.02. The lowest BCUT2D eigenvalue weighted by atomic mass is 10.1. The van der Waals surface area contributed by atoms with Gasteiger partial charge in [-0.2, -0.15) is 0 Å². The largest absolute Gasteiger partial charge is 0.493 e. The van der Waals surface area contributed by atoms with Crippen LogP contribution in [0.4, 0.5) is 0 Å². The van der Waals surface area contributed by atoms with Gasteiger partial charge >= 0.3 is 0 Å². The number of benzene rings is 2. The van der Waals surface area contributed by atoms with Crippen LogP contribution in [0.25, 0.3) is 10.8 Å². The summed E-state index contributed by atoms with van der Waals surface area (Å²) >= 11 is 0. The van der Waals surface area contributed by atoms with Crippen LogP contribution < -0.4 is 9.47 Å². The molecule has 0 fully saturated rings. The first kappa shape index (κ1) is 14.7. The van der Waals surface area contributed by atoms with E-state index >= 15 is 0 Å². The summed E-state index contributed by atoms with van der Waals surface area (Å²) in [6, 6.07) is 12.3. The van der Waals surface area contributed by atoms with Gasteiger partial charge in [0.05, 0.1) is 13.2 Å². The van der Waals surface area contributed by atoms with Crippen LogP contribution in [0.3, 0.4) is 0 Å². The summed E-state index contributed by atoms with van der Waals surface area (Å²) in [6.07, 6.45) is 0. The molecule has 0 unspecified atom stereocenters. The normalized spacial score (nSPS) is 11.3. The van der Waals surface area contributed by atoms with Crippen molar-refractivity contribution in [3.63, 3.8) is 0 Å². The minimum Gasteiger partial charge on any atom is -0.493 e. The zero-order valence-corrected chi connectivity index (χ0v) is 12.8. The first-order chi connectivity index (χ1) is 9.58. The molecular weight excluding hydrogens is 248 g/mol. The molecule has 2 aromatic carbocycles. The van der Waals surface area contributed by atoms with Crippen molar-refractivity contribution in [2.24, 2.45) is 11.8 Å². The molecular formula is C18H24O2. The van der Waals surface area contributed by atoms with Gasteiger partial charge in [0.15, 0.2) is 0 Å². The Morgan fingerprint density at radius 3 is 1.45 bits per heavy atom. The third kappa shape index (κ3) is 3.66. The average Bonchev–Trinajstić information content (AvgIpc) is 2.43. The van der Waals surface area contributed by atoms with Crippen molar-refractivity contribution >= 4 is 10.8 Å². The molecule has 0 aliphatic rings. The van der Waals surface area contributed by atoms with Crippen LogP contribution >= 0.6 is 0 Å². The van der Waals surface area contributed by atoms with Crippen LogP contribution in [-0.2, 0) is 0 Å². The van der Waals surface area contributed by atoms with E-state index in [0.717, 1.165) is 35.5 Å². The highest BCUT2D eigenvalue weighted by Crippen LogP contribution is 2.33. The van der Waals surface area contributed by atoms with Crippen LogP contribution in [0, 0.1) is 11.8 Å². The molecule has 0 saturated heterocycles. The topological polar surface area (TPSA) is 18.5 Å². The highest BCUT2D eigenvalue weighted by molar-refractivity contribution is 5.93. The van der Waals surface area contributed by atoms with Crippen LogP contribution in [0.15, 0.2) is 36.4 Å². The third-order valence-corrected chi connectivity index (χ3v) is 2.99. The van der Waals surface area contributed by atoms with E-state index in [-0.39, 0.29) is 0 Å². The minimum atomic E-state index is 0.519. The molecule has 0 aliphatic carbocycles. The Balaban J connectivity index is 2.31. The Morgan fingerprint density at radius 2 is 1.10 bits per heavy atom. The molecule has 0 bridgehead atoms. The first-order valence-corrected chi connectivity index (χ1v) is 7.35. The van der Waals surface area contributed by atoms with Gasteiger partial charge < -0.3 is 9.47 Å². The van der Waals surface area contributed by atoms with Gasteiger partial charge in [-0.3, -0.25) is 0 Å². The molecule has 108 valence electrons. The average molecular weight is 272 g/mol. The SMILES string of the molecule is CC(C)COc1ccc(OCC(C)C)c2ccccc12. The fourth-order valence-corrected chi connectivity index (χ4v) is 2.01. The maximum atomic E-state index is 5.91. The van der Waals surface area contributed by atoms with E-state index in [4.69, 9.17) is 9.47 Å². The number of ether oxygens (including phenoxy) is 2. The second-order valence-electron chi connectivity index (χ2n) is 6.02. The second kappa shape index (κ2) is 6.65. The van der Waals surface area contributed by atoms with Crippen molar-refractivity contribution in [3.05, 3.63) is 36.4 Å². The van der Waals surface area contributed by atoms with Gasteiger partial charge in [0.1, 0.15) is 11.5 Å². The predicted molar refractivity (Wildman–Crippen MR) is 84.6 cm³/mol. The molecule has 2 aromatic rings. The molecule has 0 aliphatic heterocycles. The maximum absolute atomic E-state index is 5.91. The Labute approximate surface area is 121 Å². The van der Waals surface area contributed by atoms with E-state index < -0.39 is 0 Å². The fourth-order valence-electron chi connectivity index (χ4n) is 2.01. The predicted octanol–water partition coefficient (Wildman–Crippen LogP) is 4.91. The van der Waals surface area contributed by atoms with E-state index in [0.29, 0.717) is 11.8 Å². The van der Waals surface area contributed by atoms with Gasteiger partial charge in [0.2, 0.25) is 0 Å². The maximum Gasteiger partial charge on any atom is 0.127 e. The molecule has 20 heavy (non-hydrogen) atoms. The van der Waals surface area contributed by atoms with Gasteiger partial charge in [-0.05, 0) is 24.0 Å². The Morgan fingerprint density at radius 1 is 0.700 bits per heavy atom. The lowest BCUT2D eigenvalue weighted by molar-refractivity contribution is 0.268. The number of hydrogen-bond acceptors (Lipinski definition) is 2. The molecule has 2 rings (SSSR count). The van der Waals surface area contributed by atoms with E-state index in [9.17, 15) is 0 Å². The smallest absolute Gasteiger partial charge is 0.127 e. The number of hydrogen-bond donors (Lipinski definition) is 0. The molecule has 0 saturated carbocycles. The molecule has 0 atom stereocenters. The number of fused-ring (bicyclic) bond motifs is 1. The van der Waals surface area contributed by atoms with E-state index in [2.05, 4.69) is 39.8 Å². The molecule has 0 radical (unpaired) electrons. The van der Waals surface area contributed by atoms with Gasteiger partial charge in [0.25, 0.3) is 0 Å². The van der Waals surface area contributed by atoms with Crippen LogP contribution in [-0.4, -0.2) is 13.2 Å². The molecule has 0 amide bonds. The van der Waals surface area contributed by atoms with Crippen molar-refractivity contribution in [2.45, 2.75) is 27.7 Å². The van der Waals surface area contributed by atoms with Gasteiger partial charge in [-0.15, -0.1) is 0 Å². The van der Waals surface area contributed by atoms with Crippen molar-refractivity contribution < 1.29 is 9.47 Å². The fraction of sp³-hybridized carbons (Fsp3) is 0.444. The Hall–Kier alpha value is -1.70. The van der Waals surface area contributed by atoms with E-state index in [1.54, 1.807) is 0 Å². The van der Waals surface area contributed by atoms with Crippen LogP contribution in [0.5, 0.6) is 11.5 Å². The number of rotatable bonds is 6. The minimum absolute atomic E-state index is 0.519. The summed E-state index contributed by atoms with van der Waals surface area (Å²) in [5.74, 6) is 2.91. The zero-order valence-electron chi connectivity index (χ0n) is 12.8. The monoisotopic (exact) mass is 272 g/mol. The zero-order chi connectivity index (χ0) is 14.5. The Bertz CT molecular complexity index is 508. The highest BCUT2D eigenvalue weighted by Gasteiger charge is 2.08. The lowest BCUT2D eigenvalue weighted by Crippen LogP contribution is -2.06. The van der Waals surface area contributed by atoms with E-state index in [1.807, 2.05) is 24.3 Å². The van der Waals surface area contributed by atoms with Gasteiger partial charge in [-0.25, -0.2) is 0 Å². The molecule has 2 nitrogen and oxygen atoms in total. The van der Waals surface area contributed by atoms with Crippen LogP contribution in [0.2, 0.25) is 0 Å². The van der Waals surface area contributed by atoms with Crippen molar-refractivity contribution in [1.82, 2.24) is 0 Å². The summed E-state index contributed by atoms with van der Waals surface area (Å²) < 4.78 is 11.8. The van der Waals surface area contributed by atoms with Crippen molar-refractivity contribution in [1.29, 1.82) is 0 Å². The van der Waals surface area contributed by atoms with Gasteiger partial charge in [-0.1, -0.05) is 52.0 Å². The van der Waals surface area contributed by atoms with Crippen molar-refractivity contribution in [2.75, 3.05) is 13.2 Å². The third-order valence-electron chi connectivity index (χ3n) is 2.99. The molecule has 0 N–H and O–H groups in total. The first-order valence-electron chi connectivity index (χ1n) is 7.35. The molecule has 0 spiro atoms. The van der Waals surface area contributed by atoms with Crippen LogP contribution in [0.1, 0.15) is 27.7 Å². The summed E-state index contributed by atoms with van der Waals surface area (Å²) in [5.41, 5.74) is 0. The quantitative estimate of drug-likeness (QED) is 0.744. The molecule has 0 aromatic heterocycles. The summed E-state index contributed by atoms with van der Waals surface area (Å²) in [5, 5.41) is 2.24. The Kier molecular flexibility index (Phi) is 4.89.